The van der Waals surface area contributed by atoms with Gasteiger partial charge < -0.3 is 10.5 Å². The molecule has 6 heteroatoms. The van der Waals surface area contributed by atoms with Crippen molar-refractivity contribution in [1.82, 2.24) is 14.8 Å². The molecule has 1 atom stereocenters. The summed E-state index contributed by atoms with van der Waals surface area (Å²) in [6, 6.07) is 6.99. The fraction of sp³-hybridized carbons (Fsp3) is 0.357. The van der Waals surface area contributed by atoms with Crippen LogP contribution in [-0.2, 0) is 6.54 Å². The normalized spacial score (nSPS) is 12.2. The standard InChI is InChI=1S/C14H18N4O2/c1-10(15)9-20-13-6-14(19)18(16-7-13)8-12-5-3-4-11(2)17-12/h3-7,10H,8-9,15H2,1-2H3. The van der Waals surface area contributed by atoms with Gasteiger partial charge in [0.2, 0.25) is 0 Å². The first kappa shape index (κ1) is 14.2. The fourth-order valence-corrected chi connectivity index (χ4v) is 1.68. The molecule has 0 fully saturated rings. The molecule has 106 valence electrons. The molecule has 2 aromatic heterocycles. The highest BCUT2D eigenvalue weighted by atomic mass is 16.5. The zero-order valence-corrected chi connectivity index (χ0v) is 11.6. The molecule has 0 radical (unpaired) electrons. The highest BCUT2D eigenvalue weighted by Gasteiger charge is 2.04. The van der Waals surface area contributed by atoms with E-state index in [2.05, 4.69) is 10.1 Å². The second kappa shape index (κ2) is 6.29. The second-order valence-corrected chi connectivity index (χ2v) is 4.75. The van der Waals surface area contributed by atoms with Crippen molar-refractivity contribution in [2.45, 2.75) is 26.4 Å². The number of nitrogens with two attached hydrogens (primary N) is 1. The van der Waals surface area contributed by atoms with Crippen molar-refractivity contribution in [1.29, 1.82) is 0 Å². The SMILES string of the molecule is Cc1cccc(Cn2ncc(OCC(C)N)cc2=O)n1. The van der Waals surface area contributed by atoms with Crippen molar-refractivity contribution in [2.75, 3.05) is 6.61 Å². The minimum Gasteiger partial charge on any atom is -0.490 e. The summed E-state index contributed by atoms with van der Waals surface area (Å²) in [5.74, 6) is 0.431. The van der Waals surface area contributed by atoms with E-state index in [1.54, 1.807) is 0 Å². The summed E-state index contributed by atoms with van der Waals surface area (Å²) < 4.78 is 6.70. The average molecular weight is 274 g/mol. The highest BCUT2D eigenvalue weighted by molar-refractivity contribution is 5.15. The van der Waals surface area contributed by atoms with Gasteiger partial charge in [0.1, 0.15) is 12.4 Å². The van der Waals surface area contributed by atoms with Crippen molar-refractivity contribution < 1.29 is 4.74 Å². The van der Waals surface area contributed by atoms with Crippen molar-refractivity contribution >= 4 is 0 Å². The van der Waals surface area contributed by atoms with Gasteiger partial charge in [-0.15, -0.1) is 0 Å². The Bertz CT molecular complexity index is 637. The van der Waals surface area contributed by atoms with Gasteiger partial charge in [-0.2, -0.15) is 5.10 Å². The summed E-state index contributed by atoms with van der Waals surface area (Å²) in [7, 11) is 0. The number of aryl methyl sites for hydroxylation is 1. The first-order valence-electron chi connectivity index (χ1n) is 6.42. The molecule has 0 aliphatic carbocycles. The number of rotatable bonds is 5. The Labute approximate surface area is 117 Å². The molecule has 2 aromatic rings. The van der Waals surface area contributed by atoms with E-state index in [-0.39, 0.29) is 11.6 Å². The molecule has 2 heterocycles. The Morgan fingerprint density at radius 1 is 1.45 bits per heavy atom. The Kier molecular flexibility index (Phi) is 4.47. The van der Waals surface area contributed by atoms with Gasteiger partial charge in [0.05, 0.1) is 18.4 Å². The van der Waals surface area contributed by atoms with Crippen LogP contribution in [0.15, 0.2) is 35.3 Å². The van der Waals surface area contributed by atoms with E-state index in [4.69, 9.17) is 10.5 Å². The van der Waals surface area contributed by atoms with Crippen LogP contribution in [0.4, 0.5) is 0 Å². The lowest BCUT2D eigenvalue weighted by molar-refractivity contribution is 0.293. The summed E-state index contributed by atoms with van der Waals surface area (Å²) in [5, 5.41) is 4.08. The second-order valence-electron chi connectivity index (χ2n) is 4.75. The van der Waals surface area contributed by atoms with Crippen LogP contribution in [0.2, 0.25) is 0 Å². The predicted molar refractivity (Wildman–Crippen MR) is 75.7 cm³/mol. The molecular formula is C14H18N4O2. The molecule has 0 amide bonds. The Morgan fingerprint density at radius 2 is 2.25 bits per heavy atom. The van der Waals surface area contributed by atoms with Crippen molar-refractivity contribution in [3.05, 3.63) is 52.2 Å². The summed E-state index contributed by atoms with van der Waals surface area (Å²) in [4.78, 5) is 16.3. The first-order valence-corrected chi connectivity index (χ1v) is 6.42. The molecule has 0 aromatic carbocycles. The summed E-state index contributed by atoms with van der Waals surface area (Å²) in [5.41, 5.74) is 7.07. The quantitative estimate of drug-likeness (QED) is 0.868. The van der Waals surface area contributed by atoms with Crippen LogP contribution in [0.1, 0.15) is 18.3 Å². The zero-order chi connectivity index (χ0) is 14.5. The molecule has 0 aliphatic heterocycles. The molecule has 2 rings (SSSR count). The first-order chi connectivity index (χ1) is 9.54. The van der Waals surface area contributed by atoms with Gasteiger partial charge in [-0.05, 0) is 26.0 Å². The van der Waals surface area contributed by atoms with Gasteiger partial charge in [0, 0.05) is 17.8 Å². The number of nitrogens with zero attached hydrogens (tertiary/aromatic N) is 3. The highest BCUT2D eigenvalue weighted by Crippen LogP contribution is 2.05. The van der Waals surface area contributed by atoms with Crippen molar-refractivity contribution in [3.8, 4) is 5.75 Å². The predicted octanol–water partition coefficient (Wildman–Crippen LogP) is 0.721. The van der Waals surface area contributed by atoms with E-state index in [0.29, 0.717) is 18.9 Å². The molecule has 2 N–H and O–H groups in total. The molecule has 20 heavy (non-hydrogen) atoms. The largest absolute Gasteiger partial charge is 0.490 e. The lowest BCUT2D eigenvalue weighted by Gasteiger charge is -2.09. The van der Waals surface area contributed by atoms with Crippen LogP contribution < -0.4 is 16.0 Å². The van der Waals surface area contributed by atoms with E-state index in [1.165, 1.54) is 16.9 Å². The topological polar surface area (TPSA) is 83.0 Å². The van der Waals surface area contributed by atoms with Gasteiger partial charge >= 0.3 is 0 Å². The number of pyridine rings is 1. The van der Waals surface area contributed by atoms with Crippen molar-refractivity contribution in [3.63, 3.8) is 0 Å². The van der Waals surface area contributed by atoms with Gasteiger partial charge in [-0.1, -0.05) is 6.07 Å². The Hall–Kier alpha value is -2.21. The van der Waals surface area contributed by atoms with Crippen molar-refractivity contribution in [2.24, 2.45) is 5.73 Å². The molecular weight excluding hydrogens is 256 g/mol. The van der Waals surface area contributed by atoms with Crippen LogP contribution in [0, 0.1) is 6.92 Å². The molecule has 0 spiro atoms. The third kappa shape index (κ3) is 3.89. The third-order valence-corrected chi connectivity index (χ3v) is 2.62. The monoisotopic (exact) mass is 274 g/mol. The van der Waals surface area contributed by atoms with E-state index in [9.17, 15) is 4.79 Å². The Balaban J connectivity index is 2.12. The smallest absolute Gasteiger partial charge is 0.270 e. The maximum absolute atomic E-state index is 11.9. The van der Waals surface area contributed by atoms with Crippen LogP contribution in [0.3, 0.4) is 0 Å². The summed E-state index contributed by atoms with van der Waals surface area (Å²) in [6.07, 6.45) is 1.51. The maximum atomic E-state index is 11.9. The lowest BCUT2D eigenvalue weighted by Crippen LogP contribution is -2.26. The van der Waals surface area contributed by atoms with Crippen LogP contribution in [0.25, 0.3) is 0 Å². The molecule has 0 saturated carbocycles. The fourth-order valence-electron chi connectivity index (χ4n) is 1.68. The van der Waals surface area contributed by atoms with Crippen LogP contribution in [-0.4, -0.2) is 27.4 Å². The Morgan fingerprint density at radius 3 is 2.90 bits per heavy atom. The van der Waals surface area contributed by atoms with E-state index in [0.717, 1.165) is 11.4 Å². The number of hydrogen-bond acceptors (Lipinski definition) is 5. The van der Waals surface area contributed by atoms with Crippen LogP contribution >= 0.6 is 0 Å². The molecule has 6 nitrogen and oxygen atoms in total. The van der Waals surface area contributed by atoms with E-state index < -0.39 is 0 Å². The summed E-state index contributed by atoms with van der Waals surface area (Å²) in [6.45, 7) is 4.43. The number of ether oxygens (including phenoxy) is 1. The third-order valence-electron chi connectivity index (χ3n) is 2.62. The number of hydrogen-bond donors (Lipinski definition) is 1. The lowest BCUT2D eigenvalue weighted by atomic mass is 10.3. The maximum Gasteiger partial charge on any atom is 0.270 e. The van der Waals surface area contributed by atoms with E-state index in [1.807, 2.05) is 32.0 Å². The van der Waals surface area contributed by atoms with Gasteiger partial charge in [-0.3, -0.25) is 9.78 Å². The average Bonchev–Trinajstić information content (AvgIpc) is 2.39. The zero-order valence-electron chi connectivity index (χ0n) is 11.6. The van der Waals surface area contributed by atoms with Gasteiger partial charge in [-0.25, -0.2) is 4.68 Å². The minimum absolute atomic E-state index is 0.0890. The van der Waals surface area contributed by atoms with E-state index >= 15 is 0 Å². The van der Waals surface area contributed by atoms with Gasteiger partial charge in [0.15, 0.2) is 0 Å². The number of aromatic nitrogens is 3. The molecule has 0 aliphatic rings. The molecule has 0 bridgehead atoms. The van der Waals surface area contributed by atoms with Crippen LogP contribution in [0.5, 0.6) is 5.75 Å². The molecule has 0 saturated heterocycles. The molecule has 1 unspecified atom stereocenters. The summed E-state index contributed by atoms with van der Waals surface area (Å²) >= 11 is 0. The minimum atomic E-state index is -0.226. The van der Waals surface area contributed by atoms with Gasteiger partial charge in [0.25, 0.3) is 5.56 Å².